The molecule has 0 radical (unpaired) electrons. The molecule has 0 saturated heterocycles. The zero-order valence-corrected chi connectivity index (χ0v) is 18.4. The van der Waals surface area contributed by atoms with Gasteiger partial charge in [-0.2, -0.15) is 13.2 Å². The van der Waals surface area contributed by atoms with Gasteiger partial charge in [0.2, 0.25) is 0 Å². The topological polar surface area (TPSA) is 138 Å². The second-order valence-corrected chi connectivity index (χ2v) is 7.83. The monoisotopic (exact) mass is 502 g/mol. The largest absolute Gasteiger partial charge is 0.416 e. The van der Waals surface area contributed by atoms with Crippen LogP contribution in [-0.2, 0) is 6.18 Å². The van der Waals surface area contributed by atoms with E-state index in [1.165, 1.54) is 24.7 Å². The summed E-state index contributed by atoms with van der Waals surface area (Å²) in [6.07, 6.45) is -0.163. The molecule has 0 bridgehead atoms. The molecule has 4 heterocycles. The lowest BCUT2D eigenvalue weighted by Crippen LogP contribution is -2.27. The summed E-state index contributed by atoms with van der Waals surface area (Å²) >= 11 is 6.32. The Bertz CT molecular complexity index is 1530. The van der Waals surface area contributed by atoms with E-state index in [0.717, 1.165) is 12.1 Å². The second-order valence-electron chi connectivity index (χ2n) is 7.45. The number of imidazole rings is 2. The first-order valence-corrected chi connectivity index (χ1v) is 10.4. The van der Waals surface area contributed by atoms with Gasteiger partial charge in [0.05, 0.1) is 22.6 Å². The van der Waals surface area contributed by atoms with Gasteiger partial charge >= 0.3 is 6.18 Å². The SMILES string of the molecule is C[C@H](NC(=O)c1ncnc(-c2ncc[nH]2)c1Cl)c1cc(-c2nc3ccc(C(F)(F)F)cc3[nH]2)no1. The van der Waals surface area contributed by atoms with E-state index < -0.39 is 23.7 Å². The predicted octanol–water partition coefficient (Wildman–Crippen LogP) is 4.56. The first-order chi connectivity index (χ1) is 16.7. The molecule has 5 rings (SSSR count). The number of carbonyl (C=O) groups is 1. The number of nitrogens with one attached hydrogen (secondary N) is 3. The number of alkyl halides is 3. The third-order valence-electron chi connectivity index (χ3n) is 5.08. The van der Waals surface area contributed by atoms with Gasteiger partial charge in [0.25, 0.3) is 5.91 Å². The fourth-order valence-electron chi connectivity index (χ4n) is 3.34. The zero-order valence-electron chi connectivity index (χ0n) is 17.7. The van der Waals surface area contributed by atoms with Crippen molar-refractivity contribution < 1.29 is 22.5 Å². The molecule has 4 aromatic heterocycles. The smallest absolute Gasteiger partial charge is 0.358 e. The number of hydrogen-bond donors (Lipinski definition) is 3. The van der Waals surface area contributed by atoms with Gasteiger partial charge in [-0.3, -0.25) is 4.79 Å². The first kappa shape index (κ1) is 22.5. The number of halogens is 4. The molecule has 10 nitrogen and oxygen atoms in total. The predicted molar refractivity (Wildman–Crippen MR) is 117 cm³/mol. The minimum absolute atomic E-state index is 0.0194. The van der Waals surface area contributed by atoms with Gasteiger partial charge in [-0.1, -0.05) is 16.8 Å². The molecule has 0 aliphatic rings. The summed E-state index contributed by atoms with van der Waals surface area (Å²) in [5.41, 5.74) is 0.209. The number of carbonyl (C=O) groups excluding carboxylic acids is 1. The number of benzene rings is 1. The van der Waals surface area contributed by atoms with Crippen LogP contribution in [0.15, 0.2) is 47.5 Å². The second kappa shape index (κ2) is 8.51. The van der Waals surface area contributed by atoms with Crippen LogP contribution < -0.4 is 5.32 Å². The van der Waals surface area contributed by atoms with Crippen molar-refractivity contribution in [1.82, 2.24) is 40.4 Å². The molecular formula is C21H14ClF3N8O2. The highest BCUT2D eigenvalue weighted by Crippen LogP contribution is 2.32. The van der Waals surface area contributed by atoms with E-state index in [2.05, 4.69) is 40.4 Å². The van der Waals surface area contributed by atoms with Crippen molar-refractivity contribution in [3.8, 4) is 23.0 Å². The minimum atomic E-state index is -4.47. The molecule has 0 fully saturated rings. The molecule has 14 heteroatoms. The van der Waals surface area contributed by atoms with Crippen LogP contribution >= 0.6 is 11.6 Å². The Morgan fingerprint density at radius 1 is 1.17 bits per heavy atom. The average molecular weight is 503 g/mol. The number of hydrogen-bond acceptors (Lipinski definition) is 7. The maximum atomic E-state index is 13.0. The van der Waals surface area contributed by atoms with Gasteiger partial charge < -0.3 is 19.8 Å². The van der Waals surface area contributed by atoms with Gasteiger partial charge in [0, 0.05) is 18.5 Å². The zero-order chi connectivity index (χ0) is 24.7. The van der Waals surface area contributed by atoms with Crippen LogP contribution in [0.25, 0.3) is 34.1 Å². The number of rotatable bonds is 5. The molecule has 0 saturated carbocycles. The molecule has 3 N–H and O–H groups in total. The maximum absolute atomic E-state index is 13.0. The number of nitrogens with zero attached hydrogens (tertiary/aromatic N) is 5. The van der Waals surface area contributed by atoms with E-state index in [9.17, 15) is 18.0 Å². The van der Waals surface area contributed by atoms with E-state index in [4.69, 9.17) is 16.1 Å². The Labute approximate surface area is 199 Å². The average Bonchev–Trinajstić information content (AvgIpc) is 3.58. The molecule has 1 aromatic carbocycles. The molecule has 178 valence electrons. The summed E-state index contributed by atoms with van der Waals surface area (Å²) in [6.45, 7) is 1.65. The Kier molecular flexibility index (Phi) is 5.47. The third-order valence-corrected chi connectivity index (χ3v) is 5.44. The van der Waals surface area contributed by atoms with Crippen molar-refractivity contribution in [2.24, 2.45) is 0 Å². The Balaban J connectivity index is 1.35. The maximum Gasteiger partial charge on any atom is 0.416 e. The van der Waals surface area contributed by atoms with E-state index in [1.807, 2.05) is 0 Å². The Hall–Kier alpha value is -4.26. The van der Waals surface area contributed by atoms with E-state index in [1.54, 1.807) is 13.1 Å². The van der Waals surface area contributed by atoms with Crippen LogP contribution in [0.5, 0.6) is 0 Å². The Morgan fingerprint density at radius 3 is 2.74 bits per heavy atom. The van der Waals surface area contributed by atoms with Gasteiger partial charge in [-0.15, -0.1) is 0 Å². The van der Waals surface area contributed by atoms with Crippen LogP contribution in [0, 0.1) is 0 Å². The lowest BCUT2D eigenvalue weighted by molar-refractivity contribution is -0.137. The number of fused-ring (bicyclic) bond motifs is 1. The molecule has 5 aromatic rings. The van der Waals surface area contributed by atoms with Crippen molar-refractivity contribution in [2.75, 3.05) is 0 Å². The van der Waals surface area contributed by atoms with Crippen LogP contribution in [0.3, 0.4) is 0 Å². The third kappa shape index (κ3) is 4.33. The van der Waals surface area contributed by atoms with Crippen molar-refractivity contribution in [3.63, 3.8) is 0 Å². The van der Waals surface area contributed by atoms with Crippen LogP contribution in [0.1, 0.15) is 34.8 Å². The number of aromatic amines is 2. The van der Waals surface area contributed by atoms with Crippen LogP contribution in [0.2, 0.25) is 5.02 Å². The number of aromatic nitrogens is 7. The highest BCUT2D eigenvalue weighted by atomic mass is 35.5. The molecule has 0 unspecified atom stereocenters. The summed E-state index contributed by atoms with van der Waals surface area (Å²) < 4.78 is 44.2. The molecule has 35 heavy (non-hydrogen) atoms. The summed E-state index contributed by atoms with van der Waals surface area (Å²) in [5.74, 6) is 0.294. The molecule has 1 atom stereocenters. The molecule has 0 spiro atoms. The fraction of sp³-hybridized carbons (Fsp3) is 0.143. The lowest BCUT2D eigenvalue weighted by Gasteiger charge is -2.11. The highest BCUT2D eigenvalue weighted by molar-refractivity contribution is 6.35. The highest BCUT2D eigenvalue weighted by Gasteiger charge is 2.31. The van der Waals surface area contributed by atoms with Crippen molar-refractivity contribution >= 4 is 28.5 Å². The van der Waals surface area contributed by atoms with E-state index in [0.29, 0.717) is 11.3 Å². The summed E-state index contributed by atoms with van der Waals surface area (Å²) in [7, 11) is 0. The molecule has 0 aliphatic carbocycles. The summed E-state index contributed by atoms with van der Waals surface area (Å²) in [6, 6.07) is 4.06. The fourth-order valence-corrected chi connectivity index (χ4v) is 3.61. The van der Waals surface area contributed by atoms with Crippen LogP contribution in [-0.4, -0.2) is 41.0 Å². The van der Waals surface area contributed by atoms with Gasteiger partial charge in [0.15, 0.2) is 23.1 Å². The molecule has 1 amide bonds. The van der Waals surface area contributed by atoms with Crippen molar-refractivity contribution in [2.45, 2.75) is 19.1 Å². The summed E-state index contributed by atoms with van der Waals surface area (Å²) in [4.78, 5) is 34.8. The lowest BCUT2D eigenvalue weighted by atomic mass is 10.2. The van der Waals surface area contributed by atoms with Crippen LogP contribution in [0.4, 0.5) is 13.2 Å². The Morgan fingerprint density at radius 2 is 2.00 bits per heavy atom. The quantitative estimate of drug-likeness (QED) is 0.320. The summed E-state index contributed by atoms with van der Waals surface area (Å²) in [5, 5.41) is 6.64. The molecular weight excluding hydrogens is 489 g/mol. The minimum Gasteiger partial charge on any atom is -0.358 e. The normalized spacial score (nSPS) is 12.7. The van der Waals surface area contributed by atoms with E-state index in [-0.39, 0.29) is 39.2 Å². The first-order valence-electron chi connectivity index (χ1n) is 10.1. The van der Waals surface area contributed by atoms with Gasteiger partial charge in [-0.25, -0.2) is 19.9 Å². The van der Waals surface area contributed by atoms with Gasteiger partial charge in [0.1, 0.15) is 22.7 Å². The number of amides is 1. The van der Waals surface area contributed by atoms with Crippen molar-refractivity contribution in [3.05, 3.63) is 65.0 Å². The van der Waals surface area contributed by atoms with Crippen molar-refractivity contribution in [1.29, 1.82) is 0 Å². The number of H-pyrrole nitrogens is 2. The molecule has 0 aliphatic heterocycles. The van der Waals surface area contributed by atoms with Gasteiger partial charge in [-0.05, 0) is 25.1 Å². The standard InChI is InChI=1S/C21H14ClF3N8O2/c1-9(30-20(34)17-15(22)16(28-8-29-17)19-26-4-5-27-19)14-7-13(33-35-14)18-31-11-3-2-10(21(23,24)25)6-12(11)32-18/h2-9H,1H3,(H,26,27)(H,30,34)(H,31,32)/t9-/m0/s1. The van der Waals surface area contributed by atoms with E-state index >= 15 is 0 Å².